The van der Waals surface area contributed by atoms with Gasteiger partial charge in [0.05, 0.1) is 36.7 Å². The van der Waals surface area contributed by atoms with E-state index in [9.17, 15) is 22.8 Å². The molecule has 2 aromatic carbocycles. The van der Waals surface area contributed by atoms with Crippen molar-refractivity contribution < 1.29 is 37.0 Å². The van der Waals surface area contributed by atoms with Gasteiger partial charge >= 0.3 is 5.97 Å². The lowest BCUT2D eigenvalue weighted by Crippen LogP contribution is -2.42. The third-order valence-corrected chi connectivity index (χ3v) is 7.46. The zero-order chi connectivity index (χ0) is 24.9. The van der Waals surface area contributed by atoms with Crippen molar-refractivity contribution in [3.8, 4) is 11.5 Å². The Morgan fingerprint density at radius 1 is 1.09 bits per heavy atom. The van der Waals surface area contributed by atoms with Crippen molar-refractivity contribution in [2.45, 2.75) is 23.5 Å². The van der Waals surface area contributed by atoms with Crippen LogP contribution in [0.15, 0.2) is 47.4 Å². The van der Waals surface area contributed by atoms with Gasteiger partial charge in [0.25, 0.3) is 0 Å². The monoisotopic (exact) mass is 490 g/mol. The summed E-state index contributed by atoms with van der Waals surface area (Å²) in [6.07, 6.45) is -0.391. The molecular formula is C23H26N2O8S. The number of carbonyl (C=O) groups is 3. The fourth-order valence-corrected chi connectivity index (χ4v) is 5.60. The standard InChI is InChI=1S/C23H26N2O8S/c1-4-33-23(28)13-24-21(26)14-25-16-7-5-6-8-19(16)34(29,30)20(12-22(25)27)15-9-10-17(31-2)18(11-15)32-3/h5-11,20H,4,12-14H2,1-3H3,(H,24,26). The van der Waals surface area contributed by atoms with Crippen LogP contribution in [0.1, 0.15) is 24.2 Å². The van der Waals surface area contributed by atoms with E-state index in [1.165, 1.54) is 32.4 Å². The molecule has 2 amide bonds. The van der Waals surface area contributed by atoms with E-state index < -0.39 is 45.8 Å². The third-order valence-electron chi connectivity index (χ3n) is 5.31. The van der Waals surface area contributed by atoms with Crippen LogP contribution in [0.4, 0.5) is 5.69 Å². The fraction of sp³-hybridized carbons (Fsp3) is 0.348. The van der Waals surface area contributed by atoms with Crippen LogP contribution < -0.4 is 19.7 Å². The maximum Gasteiger partial charge on any atom is 0.325 e. The predicted octanol–water partition coefficient (Wildman–Crippen LogP) is 1.63. The predicted molar refractivity (Wildman–Crippen MR) is 123 cm³/mol. The Morgan fingerprint density at radius 3 is 2.47 bits per heavy atom. The molecule has 182 valence electrons. The molecular weight excluding hydrogens is 464 g/mol. The molecule has 1 aliphatic rings. The first-order chi connectivity index (χ1) is 16.2. The first kappa shape index (κ1) is 25.0. The number of esters is 1. The average Bonchev–Trinajstić information content (AvgIpc) is 2.91. The van der Waals surface area contributed by atoms with Gasteiger partial charge in [-0.1, -0.05) is 18.2 Å². The Kier molecular flexibility index (Phi) is 7.77. The summed E-state index contributed by atoms with van der Waals surface area (Å²) in [6, 6.07) is 10.7. The molecule has 1 aliphatic heterocycles. The highest BCUT2D eigenvalue weighted by atomic mass is 32.2. The fourth-order valence-electron chi connectivity index (χ4n) is 3.69. The van der Waals surface area contributed by atoms with Crippen molar-refractivity contribution in [2.75, 3.05) is 38.8 Å². The number of benzene rings is 2. The van der Waals surface area contributed by atoms with Gasteiger partial charge in [-0.05, 0) is 36.8 Å². The molecule has 10 nitrogen and oxygen atoms in total. The molecule has 0 saturated heterocycles. The van der Waals surface area contributed by atoms with Crippen LogP contribution in [0.3, 0.4) is 0 Å². The Labute approximate surface area is 197 Å². The zero-order valence-corrected chi connectivity index (χ0v) is 19.9. The number of nitrogens with one attached hydrogen (secondary N) is 1. The van der Waals surface area contributed by atoms with E-state index in [1.807, 2.05) is 0 Å². The number of hydrogen-bond donors (Lipinski definition) is 1. The van der Waals surface area contributed by atoms with Gasteiger partial charge in [-0.2, -0.15) is 0 Å². The van der Waals surface area contributed by atoms with Crippen molar-refractivity contribution in [3.63, 3.8) is 0 Å². The summed E-state index contributed by atoms with van der Waals surface area (Å²) in [7, 11) is -1.12. The van der Waals surface area contributed by atoms with E-state index in [2.05, 4.69) is 5.32 Å². The molecule has 1 heterocycles. The second-order valence-corrected chi connectivity index (χ2v) is 9.48. The number of nitrogens with zero attached hydrogens (tertiary/aromatic N) is 1. The number of methoxy groups -OCH3 is 2. The van der Waals surface area contributed by atoms with Crippen molar-refractivity contribution in [1.82, 2.24) is 5.32 Å². The van der Waals surface area contributed by atoms with Crippen LogP contribution in [-0.2, 0) is 29.0 Å². The highest BCUT2D eigenvalue weighted by molar-refractivity contribution is 7.92. The topological polar surface area (TPSA) is 128 Å². The van der Waals surface area contributed by atoms with E-state index in [0.717, 1.165) is 4.90 Å². The van der Waals surface area contributed by atoms with Gasteiger partial charge in [-0.3, -0.25) is 14.4 Å². The van der Waals surface area contributed by atoms with Crippen LogP contribution in [0.25, 0.3) is 0 Å². The van der Waals surface area contributed by atoms with Gasteiger partial charge < -0.3 is 24.4 Å². The second kappa shape index (κ2) is 10.6. The number of anilines is 1. The van der Waals surface area contributed by atoms with Crippen LogP contribution in [0, 0.1) is 0 Å². The minimum Gasteiger partial charge on any atom is -0.493 e. The number of para-hydroxylation sites is 1. The summed E-state index contributed by atoms with van der Waals surface area (Å²) in [5, 5.41) is 1.19. The minimum atomic E-state index is -4.02. The van der Waals surface area contributed by atoms with Crippen LogP contribution >= 0.6 is 0 Å². The van der Waals surface area contributed by atoms with Crippen LogP contribution in [0.2, 0.25) is 0 Å². The summed E-state index contributed by atoms with van der Waals surface area (Å²) in [6.45, 7) is 0.996. The molecule has 34 heavy (non-hydrogen) atoms. The third kappa shape index (κ3) is 5.14. The molecule has 0 aromatic heterocycles. The molecule has 0 aliphatic carbocycles. The number of fused-ring (bicyclic) bond motifs is 1. The molecule has 1 atom stereocenters. The minimum absolute atomic E-state index is 0.0705. The van der Waals surface area contributed by atoms with E-state index in [4.69, 9.17) is 14.2 Å². The average molecular weight is 491 g/mol. The maximum atomic E-state index is 13.6. The first-order valence-corrected chi connectivity index (χ1v) is 12.0. The smallest absolute Gasteiger partial charge is 0.325 e. The second-order valence-electron chi connectivity index (χ2n) is 7.38. The lowest BCUT2D eigenvalue weighted by molar-refractivity contribution is -0.143. The van der Waals surface area contributed by atoms with Gasteiger partial charge in [0.2, 0.25) is 11.8 Å². The van der Waals surface area contributed by atoms with E-state index in [1.54, 1.807) is 31.2 Å². The molecule has 11 heteroatoms. The Bertz CT molecular complexity index is 1200. The highest BCUT2D eigenvalue weighted by Crippen LogP contribution is 2.42. The van der Waals surface area contributed by atoms with Crippen LogP contribution in [0.5, 0.6) is 11.5 Å². The van der Waals surface area contributed by atoms with Gasteiger partial charge in [-0.25, -0.2) is 8.42 Å². The summed E-state index contributed by atoms with van der Waals surface area (Å²) in [5.74, 6) is -1.05. The summed E-state index contributed by atoms with van der Waals surface area (Å²) < 4.78 is 42.5. The van der Waals surface area contributed by atoms with Gasteiger partial charge in [0.15, 0.2) is 21.3 Å². The summed E-state index contributed by atoms with van der Waals surface area (Å²) in [4.78, 5) is 38.3. The zero-order valence-electron chi connectivity index (χ0n) is 19.1. The van der Waals surface area contributed by atoms with E-state index in [0.29, 0.717) is 17.1 Å². The number of carbonyl (C=O) groups excluding carboxylic acids is 3. The van der Waals surface area contributed by atoms with E-state index in [-0.39, 0.29) is 23.7 Å². The van der Waals surface area contributed by atoms with E-state index >= 15 is 0 Å². The summed E-state index contributed by atoms with van der Waals surface area (Å²) >= 11 is 0. The maximum absolute atomic E-state index is 13.6. The Hall–Kier alpha value is -3.60. The van der Waals surface area contributed by atoms with Crippen LogP contribution in [-0.4, -0.2) is 60.1 Å². The molecule has 0 bridgehead atoms. The SMILES string of the molecule is CCOC(=O)CNC(=O)CN1C(=O)CC(c2ccc(OC)c(OC)c2)S(=O)(=O)c2ccccc21. The number of hydrogen-bond acceptors (Lipinski definition) is 8. The highest BCUT2D eigenvalue weighted by Gasteiger charge is 2.40. The lowest BCUT2D eigenvalue weighted by Gasteiger charge is -2.21. The number of rotatable bonds is 8. The quantitative estimate of drug-likeness (QED) is 0.553. The lowest BCUT2D eigenvalue weighted by atomic mass is 10.1. The summed E-state index contributed by atoms with van der Waals surface area (Å²) in [5.41, 5.74) is 0.455. The van der Waals surface area contributed by atoms with Gasteiger partial charge in [0.1, 0.15) is 13.1 Å². The molecule has 1 unspecified atom stereocenters. The molecule has 0 radical (unpaired) electrons. The van der Waals surface area contributed by atoms with Crippen molar-refractivity contribution in [3.05, 3.63) is 48.0 Å². The van der Waals surface area contributed by atoms with Gasteiger partial charge in [-0.15, -0.1) is 0 Å². The Balaban J connectivity index is 1.97. The number of ether oxygens (including phenoxy) is 3. The van der Waals surface area contributed by atoms with Gasteiger partial charge in [0, 0.05) is 6.42 Å². The normalized spacial score (nSPS) is 16.7. The van der Waals surface area contributed by atoms with Crippen molar-refractivity contribution in [2.24, 2.45) is 0 Å². The molecule has 0 fully saturated rings. The molecule has 2 aromatic rings. The number of amides is 2. The molecule has 0 saturated carbocycles. The number of sulfone groups is 1. The van der Waals surface area contributed by atoms with Crippen molar-refractivity contribution >= 4 is 33.3 Å². The van der Waals surface area contributed by atoms with Crippen molar-refractivity contribution in [1.29, 1.82) is 0 Å². The first-order valence-electron chi connectivity index (χ1n) is 10.5. The largest absolute Gasteiger partial charge is 0.493 e. The Morgan fingerprint density at radius 2 is 1.79 bits per heavy atom. The molecule has 0 spiro atoms. The molecule has 1 N–H and O–H groups in total. The molecule has 3 rings (SSSR count).